The Morgan fingerprint density at radius 3 is 2.14 bits per heavy atom. The normalized spacial score (nSPS) is 11.5. The van der Waals surface area contributed by atoms with Gasteiger partial charge in [-0.3, -0.25) is 4.79 Å². The van der Waals surface area contributed by atoms with Crippen molar-refractivity contribution in [3.63, 3.8) is 0 Å². The minimum atomic E-state index is 0.0347. The van der Waals surface area contributed by atoms with E-state index in [9.17, 15) is 4.79 Å². The lowest BCUT2D eigenvalue weighted by Crippen LogP contribution is -2.17. The van der Waals surface area contributed by atoms with Crippen molar-refractivity contribution < 1.29 is 4.79 Å². The summed E-state index contributed by atoms with van der Waals surface area (Å²) in [6.07, 6.45) is 0. The van der Waals surface area contributed by atoms with Crippen LogP contribution in [0.25, 0.3) is 0 Å². The lowest BCUT2D eigenvalue weighted by molar-refractivity contribution is 0.101. The molecule has 0 amide bonds. The van der Waals surface area contributed by atoms with Gasteiger partial charge in [-0.15, -0.1) is 0 Å². The first-order valence-electron chi connectivity index (χ1n) is 4.95. The van der Waals surface area contributed by atoms with Crippen LogP contribution in [-0.4, -0.2) is 5.78 Å². The largest absolute Gasteiger partial charge is 0.294 e. The van der Waals surface area contributed by atoms with Crippen LogP contribution in [-0.2, 0) is 5.41 Å². The summed E-state index contributed by atoms with van der Waals surface area (Å²) in [7, 11) is 0. The van der Waals surface area contributed by atoms with Gasteiger partial charge in [-0.1, -0.05) is 39.0 Å². The Kier molecular flexibility index (Phi) is 2.79. The first kappa shape index (κ1) is 11.0. The second kappa shape index (κ2) is 3.56. The third-order valence-electron chi connectivity index (χ3n) is 2.43. The Morgan fingerprint density at radius 1 is 1.21 bits per heavy atom. The summed E-state index contributed by atoms with van der Waals surface area (Å²) < 4.78 is 0. The summed E-state index contributed by atoms with van der Waals surface area (Å²) in [5, 5.41) is 0. The van der Waals surface area contributed by atoms with Crippen molar-refractivity contribution in [2.45, 2.75) is 40.0 Å². The summed E-state index contributed by atoms with van der Waals surface area (Å²) in [6.45, 7) is 10.0. The van der Waals surface area contributed by atoms with Crippen LogP contribution in [0.4, 0.5) is 0 Å². The molecule has 0 aliphatic rings. The first-order chi connectivity index (χ1) is 6.34. The number of carbonyl (C=O) groups excluding carboxylic acids is 1. The zero-order chi connectivity index (χ0) is 10.9. The molecule has 0 fully saturated rings. The minimum Gasteiger partial charge on any atom is -0.294 e. The van der Waals surface area contributed by atoms with Gasteiger partial charge in [-0.25, -0.2) is 0 Å². The van der Waals surface area contributed by atoms with Gasteiger partial charge in [0.2, 0.25) is 0 Å². The highest BCUT2D eigenvalue weighted by atomic mass is 16.1. The zero-order valence-corrected chi connectivity index (χ0v) is 9.64. The molecule has 0 unspecified atom stereocenters. The molecule has 0 N–H and O–H groups in total. The SMILES string of the molecule is CC(=O)c1c(C)cccc1C(C)(C)C. The molecule has 0 aliphatic heterocycles. The van der Waals surface area contributed by atoms with Crippen LogP contribution in [0.15, 0.2) is 18.2 Å². The Hall–Kier alpha value is -1.11. The molecule has 76 valence electrons. The number of aryl methyl sites for hydroxylation is 1. The molecule has 0 spiro atoms. The van der Waals surface area contributed by atoms with E-state index in [-0.39, 0.29) is 11.2 Å². The van der Waals surface area contributed by atoms with E-state index in [1.54, 1.807) is 6.92 Å². The lowest BCUT2D eigenvalue weighted by atomic mass is 9.81. The molecule has 1 nitrogen and oxygen atoms in total. The number of Topliss-reactive ketones (excluding diaryl/α,β-unsaturated/α-hetero) is 1. The number of carbonyl (C=O) groups is 1. The zero-order valence-electron chi connectivity index (χ0n) is 9.64. The number of ketones is 1. The van der Waals surface area contributed by atoms with Crippen LogP contribution in [0.1, 0.15) is 49.2 Å². The van der Waals surface area contributed by atoms with Crippen LogP contribution >= 0.6 is 0 Å². The fourth-order valence-corrected chi connectivity index (χ4v) is 1.76. The maximum Gasteiger partial charge on any atom is 0.160 e. The molecule has 0 saturated heterocycles. The molecule has 0 atom stereocenters. The van der Waals surface area contributed by atoms with Crippen molar-refractivity contribution in [2.75, 3.05) is 0 Å². The Bertz CT molecular complexity index is 356. The van der Waals surface area contributed by atoms with E-state index in [0.29, 0.717) is 0 Å². The van der Waals surface area contributed by atoms with Gasteiger partial charge >= 0.3 is 0 Å². The average Bonchev–Trinajstić information content (AvgIpc) is 2.01. The fourth-order valence-electron chi connectivity index (χ4n) is 1.76. The Morgan fingerprint density at radius 2 is 1.79 bits per heavy atom. The van der Waals surface area contributed by atoms with Crippen LogP contribution in [0.2, 0.25) is 0 Å². The lowest BCUT2D eigenvalue weighted by Gasteiger charge is -2.23. The number of benzene rings is 1. The molecule has 1 heteroatoms. The molecule has 0 heterocycles. The third-order valence-corrected chi connectivity index (χ3v) is 2.43. The van der Waals surface area contributed by atoms with E-state index >= 15 is 0 Å². The highest BCUT2D eigenvalue weighted by Crippen LogP contribution is 2.27. The van der Waals surface area contributed by atoms with E-state index in [1.807, 2.05) is 25.1 Å². The van der Waals surface area contributed by atoms with Crippen molar-refractivity contribution in [1.82, 2.24) is 0 Å². The van der Waals surface area contributed by atoms with Crippen molar-refractivity contribution in [2.24, 2.45) is 0 Å². The molecule has 14 heavy (non-hydrogen) atoms. The molecule has 1 rings (SSSR count). The predicted molar refractivity (Wildman–Crippen MR) is 59.9 cm³/mol. The van der Waals surface area contributed by atoms with Crippen molar-refractivity contribution in [1.29, 1.82) is 0 Å². The summed E-state index contributed by atoms with van der Waals surface area (Å²) in [4.78, 5) is 11.5. The number of hydrogen-bond acceptors (Lipinski definition) is 1. The monoisotopic (exact) mass is 190 g/mol. The smallest absolute Gasteiger partial charge is 0.160 e. The molecule has 1 aromatic carbocycles. The highest BCUT2D eigenvalue weighted by Gasteiger charge is 2.20. The summed E-state index contributed by atoms with van der Waals surface area (Å²) in [5.41, 5.74) is 3.14. The van der Waals surface area contributed by atoms with Crippen LogP contribution in [0.5, 0.6) is 0 Å². The number of rotatable bonds is 1. The van der Waals surface area contributed by atoms with Crippen LogP contribution in [0, 0.1) is 6.92 Å². The number of hydrogen-bond donors (Lipinski definition) is 0. The van der Waals surface area contributed by atoms with Gasteiger partial charge in [0.25, 0.3) is 0 Å². The maximum atomic E-state index is 11.5. The standard InChI is InChI=1S/C13H18O/c1-9-7-6-8-11(13(3,4)5)12(9)10(2)14/h6-8H,1-5H3. The van der Waals surface area contributed by atoms with Gasteiger partial charge in [-0.05, 0) is 30.4 Å². The quantitative estimate of drug-likeness (QED) is 0.619. The van der Waals surface area contributed by atoms with Crippen molar-refractivity contribution >= 4 is 5.78 Å². The first-order valence-corrected chi connectivity index (χ1v) is 4.95. The molecule has 0 aliphatic carbocycles. The fraction of sp³-hybridized carbons (Fsp3) is 0.462. The van der Waals surface area contributed by atoms with E-state index in [4.69, 9.17) is 0 Å². The van der Waals surface area contributed by atoms with Crippen LogP contribution < -0.4 is 0 Å². The molecule has 0 radical (unpaired) electrons. The molecule has 0 aromatic heterocycles. The summed E-state index contributed by atoms with van der Waals surface area (Å²) >= 11 is 0. The van der Waals surface area contributed by atoms with Gasteiger partial charge in [0, 0.05) is 5.56 Å². The van der Waals surface area contributed by atoms with E-state index < -0.39 is 0 Å². The molecule has 0 bridgehead atoms. The second-order valence-electron chi connectivity index (χ2n) is 4.80. The van der Waals surface area contributed by atoms with Gasteiger partial charge in [0.15, 0.2) is 5.78 Å². The van der Waals surface area contributed by atoms with E-state index in [0.717, 1.165) is 16.7 Å². The summed E-state index contributed by atoms with van der Waals surface area (Å²) in [5.74, 6) is 0.160. The minimum absolute atomic E-state index is 0.0347. The summed E-state index contributed by atoms with van der Waals surface area (Å²) in [6, 6.07) is 6.05. The second-order valence-corrected chi connectivity index (χ2v) is 4.80. The molecule has 1 aromatic rings. The van der Waals surface area contributed by atoms with Gasteiger partial charge < -0.3 is 0 Å². The van der Waals surface area contributed by atoms with Crippen LogP contribution in [0.3, 0.4) is 0 Å². The Balaban J connectivity index is 3.44. The van der Waals surface area contributed by atoms with Crippen molar-refractivity contribution in [3.8, 4) is 0 Å². The van der Waals surface area contributed by atoms with E-state index in [2.05, 4.69) is 20.8 Å². The van der Waals surface area contributed by atoms with Gasteiger partial charge in [0.1, 0.15) is 0 Å². The Labute approximate surface area is 86.1 Å². The third kappa shape index (κ3) is 2.03. The topological polar surface area (TPSA) is 17.1 Å². The van der Waals surface area contributed by atoms with Crippen molar-refractivity contribution in [3.05, 3.63) is 34.9 Å². The molecular formula is C13H18O. The van der Waals surface area contributed by atoms with E-state index in [1.165, 1.54) is 0 Å². The predicted octanol–water partition coefficient (Wildman–Crippen LogP) is 3.50. The maximum absolute atomic E-state index is 11.5. The molecular weight excluding hydrogens is 172 g/mol. The molecule has 0 saturated carbocycles. The van der Waals surface area contributed by atoms with Gasteiger partial charge in [-0.2, -0.15) is 0 Å². The average molecular weight is 190 g/mol. The highest BCUT2D eigenvalue weighted by molar-refractivity contribution is 5.97. The van der Waals surface area contributed by atoms with Gasteiger partial charge in [0.05, 0.1) is 0 Å².